The van der Waals surface area contributed by atoms with E-state index in [2.05, 4.69) is 92.8 Å². The van der Waals surface area contributed by atoms with Crippen molar-refractivity contribution in [3.8, 4) is 0 Å². The van der Waals surface area contributed by atoms with Gasteiger partial charge in [-0.15, -0.1) is 0 Å². The third-order valence-corrected chi connectivity index (χ3v) is 4.35. The molecule has 0 saturated carbocycles. The quantitative estimate of drug-likeness (QED) is 0.768. The Labute approximate surface area is 133 Å². The molecule has 0 aromatic heterocycles. The van der Waals surface area contributed by atoms with Gasteiger partial charge >= 0.3 is 0 Å². The van der Waals surface area contributed by atoms with Crippen molar-refractivity contribution < 1.29 is 0 Å². The first kappa shape index (κ1) is 14.6. The van der Waals surface area contributed by atoms with Crippen LogP contribution in [0.15, 0.2) is 78.4 Å². The number of rotatable bonds is 4. The molecule has 0 amide bonds. The molecule has 1 heteroatoms. The molecule has 3 rings (SSSR count). The highest BCUT2D eigenvalue weighted by atomic mass is 15.0. The van der Waals surface area contributed by atoms with Gasteiger partial charge in [-0.05, 0) is 44.0 Å². The lowest BCUT2D eigenvalue weighted by molar-refractivity contribution is 0.600. The van der Waals surface area contributed by atoms with Crippen molar-refractivity contribution in [3.05, 3.63) is 89.5 Å². The fraction of sp³-hybridized carbons (Fsp3) is 0.238. The van der Waals surface area contributed by atoms with Gasteiger partial charge in [-0.25, -0.2) is 0 Å². The SMILES string of the molecule is CC1=CC=CC1c1ccccc1C(C)(C)Nc1ccccc1. The summed E-state index contributed by atoms with van der Waals surface area (Å²) in [5.41, 5.74) is 5.16. The lowest BCUT2D eigenvalue weighted by Gasteiger charge is -2.32. The molecule has 1 nitrogen and oxygen atoms in total. The van der Waals surface area contributed by atoms with Crippen LogP contribution in [-0.4, -0.2) is 0 Å². The van der Waals surface area contributed by atoms with Crippen molar-refractivity contribution >= 4 is 5.69 Å². The number of hydrogen-bond acceptors (Lipinski definition) is 1. The zero-order chi connectivity index (χ0) is 15.6. The van der Waals surface area contributed by atoms with Crippen LogP contribution in [0.2, 0.25) is 0 Å². The molecule has 0 aliphatic heterocycles. The average molecular weight is 289 g/mol. The minimum atomic E-state index is -0.130. The van der Waals surface area contributed by atoms with E-state index in [0.29, 0.717) is 5.92 Å². The Morgan fingerprint density at radius 1 is 0.909 bits per heavy atom. The van der Waals surface area contributed by atoms with Gasteiger partial charge in [0, 0.05) is 11.6 Å². The van der Waals surface area contributed by atoms with Crippen molar-refractivity contribution in [3.63, 3.8) is 0 Å². The summed E-state index contributed by atoms with van der Waals surface area (Å²) in [5.74, 6) is 0.396. The van der Waals surface area contributed by atoms with E-state index in [1.165, 1.54) is 16.7 Å². The third kappa shape index (κ3) is 2.85. The molecule has 1 aliphatic rings. The van der Waals surface area contributed by atoms with Crippen LogP contribution in [0.5, 0.6) is 0 Å². The number of hydrogen-bond donors (Lipinski definition) is 1. The van der Waals surface area contributed by atoms with Crippen molar-refractivity contribution in [2.24, 2.45) is 0 Å². The molecule has 22 heavy (non-hydrogen) atoms. The minimum Gasteiger partial charge on any atom is -0.376 e. The van der Waals surface area contributed by atoms with E-state index < -0.39 is 0 Å². The highest BCUT2D eigenvalue weighted by molar-refractivity contribution is 5.51. The van der Waals surface area contributed by atoms with Gasteiger partial charge in [0.25, 0.3) is 0 Å². The van der Waals surface area contributed by atoms with Gasteiger partial charge in [0.05, 0.1) is 5.54 Å². The first-order valence-corrected chi connectivity index (χ1v) is 7.85. The maximum Gasteiger partial charge on any atom is 0.0572 e. The number of allylic oxidation sites excluding steroid dienone is 4. The van der Waals surface area contributed by atoms with Gasteiger partial charge in [0.1, 0.15) is 0 Å². The van der Waals surface area contributed by atoms with Crippen molar-refractivity contribution in [2.75, 3.05) is 5.32 Å². The molecule has 1 aliphatic carbocycles. The number of benzene rings is 2. The van der Waals surface area contributed by atoms with Crippen molar-refractivity contribution in [2.45, 2.75) is 32.2 Å². The van der Waals surface area contributed by atoms with Crippen LogP contribution in [0.1, 0.15) is 37.8 Å². The van der Waals surface area contributed by atoms with Crippen LogP contribution in [0.3, 0.4) is 0 Å². The Bertz CT molecular complexity index is 708. The average Bonchev–Trinajstić information content (AvgIpc) is 2.94. The molecule has 2 aromatic carbocycles. The predicted octanol–water partition coefficient (Wildman–Crippen LogP) is 5.63. The summed E-state index contributed by atoms with van der Waals surface area (Å²) in [5, 5.41) is 3.67. The zero-order valence-corrected chi connectivity index (χ0v) is 13.5. The Hall–Kier alpha value is -2.28. The van der Waals surface area contributed by atoms with Crippen LogP contribution in [0.25, 0.3) is 0 Å². The molecular weight excluding hydrogens is 266 g/mol. The summed E-state index contributed by atoms with van der Waals surface area (Å²) in [4.78, 5) is 0. The minimum absolute atomic E-state index is 0.130. The van der Waals surface area contributed by atoms with E-state index in [1.807, 2.05) is 6.07 Å². The van der Waals surface area contributed by atoms with Gasteiger partial charge in [-0.1, -0.05) is 66.3 Å². The molecule has 0 radical (unpaired) electrons. The second kappa shape index (κ2) is 5.84. The molecule has 1 N–H and O–H groups in total. The molecule has 0 fully saturated rings. The second-order valence-corrected chi connectivity index (χ2v) is 6.48. The van der Waals surface area contributed by atoms with Crippen LogP contribution in [0, 0.1) is 0 Å². The van der Waals surface area contributed by atoms with Crippen LogP contribution in [0.4, 0.5) is 5.69 Å². The molecule has 0 bridgehead atoms. The molecule has 0 saturated heterocycles. The fourth-order valence-electron chi connectivity index (χ4n) is 3.21. The standard InChI is InChI=1S/C21H23N/c1-16-10-9-14-18(16)19-13-7-8-15-20(19)21(2,3)22-17-11-5-4-6-12-17/h4-15,18,22H,1-3H3. The molecule has 0 heterocycles. The molecule has 1 unspecified atom stereocenters. The number of para-hydroxylation sites is 1. The third-order valence-electron chi connectivity index (χ3n) is 4.35. The topological polar surface area (TPSA) is 12.0 Å². The summed E-state index contributed by atoms with van der Waals surface area (Å²) in [7, 11) is 0. The summed E-state index contributed by atoms with van der Waals surface area (Å²) in [6.45, 7) is 6.70. The van der Waals surface area contributed by atoms with E-state index in [1.54, 1.807) is 0 Å². The molecule has 0 spiro atoms. The lowest BCUT2D eigenvalue weighted by Crippen LogP contribution is -2.29. The van der Waals surface area contributed by atoms with Gasteiger partial charge in [0.15, 0.2) is 0 Å². The molecule has 112 valence electrons. The van der Waals surface area contributed by atoms with Crippen molar-refractivity contribution in [1.82, 2.24) is 0 Å². The summed E-state index contributed by atoms with van der Waals surface area (Å²) >= 11 is 0. The van der Waals surface area contributed by atoms with Crippen molar-refractivity contribution in [1.29, 1.82) is 0 Å². The van der Waals surface area contributed by atoms with Crippen LogP contribution < -0.4 is 5.32 Å². The van der Waals surface area contributed by atoms with E-state index in [-0.39, 0.29) is 5.54 Å². The van der Waals surface area contributed by atoms with E-state index >= 15 is 0 Å². The van der Waals surface area contributed by atoms with Gasteiger partial charge in [-0.2, -0.15) is 0 Å². The Morgan fingerprint density at radius 2 is 1.59 bits per heavy atom. The Morgan fingerprint density at radius 3 is 2.27 bits per heavy atom. The fourth-order valence-corrected chi connectivity index (χ4v) is 3.21. The number of anilines is 1. The normalized spacial score (nSPS) is 17.4. The van der Waals surface area contributed by atoms with Crippen LogP contribution >= 0.6 is 0 Å². The maximum atomic E-state index is 3.67. The first-order valence-electron chi connectivity index (χ1n) is 7.85. The van der Waals surface area contributed by atoms with Gasteiger partial charge in [0.2, 0.25) is 0 Å². The van der Waals surface area contributed by atoms with Gasteiger partial charge in [-0.3, -0.25) is 0 Å². The van der Waals surface area contributed by atoms with Gasteiger partial charge < -0.3 is 5.32 Å². The predicted molar refractivity (Wildman–Crippen MR) is 95.2 cm³/mol. The number of nitrogens with one attached hydrogen (secondary N) is 1. The Balaban J connectivity index is 1.97. The second-order valence-electron chi connectivity index (χ2n) is 6.48. The van der Waals surface area contributed by atoms with Crippen LogP contribution in [-0.2, 0) is 5.54 Å². The lowest BCUT2D eigenvalue weighted by atomic mass is 9.82. The molecule has 1 atom stereocenters. The van der Waals surface area contributed by atoms with E-state index in [9.17, 15) is 0 Å². The molecular formula is C21H23N. The maximum absolute atomic E-state index is 3.67. The van der Waals surface area contributed by atoms with E-state index in [0.717, 1.165) is 5.69 Å². The monoisotopic (exact) mass is 289 g/mol. The summed E-state index contributed by atoms with van der Waals surface area (Å²) in [6, 6.07) is 19.2. The first-order chi connectivity index (χ1) is 10.6. The molecule has 2 aromatic rings. The largest absolute Gasteiger partial charge is 0.376 e. The summed E-state index contributed by atoms with van der Waals surface area (Å²) in [6.07, 6.45) is 6.65. The Kier molecular flexibility index (Phi) is 3.89. The van der Waals surface area contributed by atoms with E-state index in [4.69, 9.17) is 0 Å². The summed E-state index contributed by atoms with van der Waals surface area (Å²) < 4.78 is 0. The highest BCUT2D eigenvalue weighted by Gasteiger charge is 2.26. The highest BCUT2D eigenvalue weighted by Crippen LogP contribution is 2.37. The zero-order valence-electron chi connectivity index (χ0n) is 13.5. The smallest absolute Gasteiger partial charge is 0.0572 e.